The van der Waals surface area contributed by atoms with Gasteiger partial charge in [-0.3, -0.25) is 14.3 Å². The lowest BCUT2D eigenvalue weighted by Gasteiger charge is -2.17. The molecule has 0 spiro atoms. The number of halogens is 2. The fourth-order valence-corrected chi connectivity index (χ4v) is 4.14. The fourth-order valence-electron chi connectivity index (χ4n) is 2.77. The Morgan fingerprint density at radius 1 is 0.906 bits per heavy atom. The van der Waals surface area contributed by atoms with Crippen molar-refractivity contribution < 1.29 is 18.0 Å². The number of carbonyl (C=O) groups excluding carboxylic acids is 2. The molecular weight excluding hydrogens is 473 g/mol. The molecule has 0 unspecified atom stereocenters. The number of sulfonamides is 1. The SMILES string of the molecule is CN(CC(=O)Nc1ccccc1Cl)C(=O)c1ccc(S(=O)(=O)Nc2ccc(Cl)cc2)cc1. The largest absolute Gasteiger partial charge is 0.332 e. The van der Waals surface area contributed by atoms with Crippen LogP contribution in [0, 0.1) is 0 Å². The van der Waals surface area contributed by atoms with Gasteiger partial charge >= 0.3 is 0 Å². The van der Waals surface area contributed by atoms with Gasteiger partial charge in [0.2, 0.25) is 5.91 Å². The van der Waals surface area contributed by atoms with Gasteiger partial charge in [-0.05, 0) is 60.7 Å². The van der Waals surface area contributed by atoms with Crippen LogP contribution in [0.15, 0.2) is 77.7 Å². The van der Waals surface area contributed by atoms with Crippen LogP contribution in [0.3, 0.4) is 0 Å². The van der Waals surface area contributed by atoms with E-state index in [1.807, 2.05) is 0 Å². The standard InChI is InChI=1S/C22H19Cl2N3O4S/c1-27(14-21(28)25-20-5-3-2-4-19(20)24)22(29)15-6-12-18(13-7-15)32(30,31)26-17-10-8-16(23)9-11-17/h2-13,26H,14H2,1H3,(H,25,28). The van der Waals surface area contributed by atoms with Gasteiger partial charge in [0.15, 0.2) is 0 Å². The molecule has 0 aromatic heterocycles. The molecule has 2 amide bonds. The minimum atomic E-state index is -3.84. The number of para-hydroxylation sites is 1. The quantitative estimate of drug-likeness (QED) is 0.508. The maximum Gasteiger partial charge on any atom is 0.261 e. The third-order valence-electron chi connectivity index (χ3n) is 4.38. The summed E-state index contributed by atoms with van der Waals surface area (Å²) in [7, 11) is -2.37. The molecule has 0 aliphatic heterocycles. The highest BCUT2D eigenvalue weighted by molar-refractivity contribution is 7.92. The Morgan fingerprint density at radius 3 is 2.16 bits per heavy atom. The first kappa shape index (κ1) is 23.6. The second-order valence-corrected chi connectivity index (χ2v) is 9.35. The van der Waals surface area contributed by atoms with E-state index < -0.39 is 21.8 Å². The highest BCUT2D eigenvalue weighted by Gasteiger charge is 2.18. The van der Waals surface area contributed by atoms with E-state index in [0.717, 1.165) is 0 Å². The summed E-state index contributed by atoms with van der Waals surface area (Å²) in [6, 6.07) is 18.4. The molecule has 0 fully saturated rings. The van der Waals surface area contributed by atoms with Gasteiger partial charge in [-0.15, -0.1) is 0 Å². The zero-order valence-corrected chi connectivity index (χ0v) is 19.2. The van der Waals surface area contributed by atoms with Crippen LogP contribution < -0.4 is 10.0 Å². The average Bonchev–Trinajstić information content (AvgIpc) is 2.76. The highest BCUT2D eigenvalue weighted by atomic mass is 35.5. The molecule has 0 saturated heterocycles. The van der Waals surface area contributed by atoms with Gasteiger partial charge in [-0.25, -0.2) is 8.42 Å². The minimum absolute atomic E-state index is 0.0110. The number of hydrogen-bond donors (Lipinski definition) is 2. The molecule has 0 heterocycles. The summed E-state index contributed by atoms with van der Waals surface area (Å²) in [6.07, 6.45) is 0. The summed E-state index contributed by atoms with van der Waals surface area (Å²) in [4.78, 5) is 26.1. The molecule has 0 radical (unpaired) electrons. The van der Waals surface area contributed by atoms with Gasteiger partial charge in [-0.2, -0.15) is 0 Å². The molecule has 3 aromatic rings. The van der Waals surface area contributed by atoms with Crippen molar-refractivity contribution in [3.8, 4) is 0 Å². The highest BCUT2D eigenvalue weighted by Crippen LogP contribution is 2.21. The molecule has 3 rings (SSSR count). The van der Waals surface area contributed by atoms with Gasteiger partial charge in [0.25, 0.3) is 15.9 Å². The van der Waals surface area contributed by atoms with Crippen LogP contribution in [0.5, 0.6) is 0 Å². The second-order valence-electron chi connectivity index (χ2n) is 6.83. The predicted octanol–water partition coefficient (Wildman–Crippen LogP) is 4.50. The van der Waals surface area contributed by atoms with E-state index in [4.69, 9.17) is 23.2 Å². The van der Waals surface area contributed by atoms with Crippen LogP contribution in [-0.2, 0) is 14.8 Å². The van der Waals surface area contributed by atoms with Crippen LogP contribution in [0.2, 0.25) is 10.0 Å². The number of nitrogens with one attached hydrogen (secondary N) is 2. The van der Waals surface area contributed by atoms with E-state index in [0.29, 0.717) is 21.4 Å². The van der Waals surface area contributed by atoms with Crippen molar-refractivity contribution in [1.29, 1.82) is 0 Å². The van der Waals surface area contributed by atoms with Crippen LogP contribution in [0.1, 0.15) is 10.4 Å². The molecule has 2 N–H and O–H groups in total. The number of anilines is 2. The summed E-state index contributed by atoms with van der Waals surface area (Å²) in [6.45, 7) is -0.206. The monoisotopic (exact) mass is 491 g/mol. The number of carbonyl (C=O) groups is 2. The van der Waals surface area contributed by atoms with E-state index in [2.05, 4.69) is 10.0 Å². The van der Waals surface area contributed by atoms with Crippen molar-refractivity contribution in [2.75, 3.05) is 23.6 Å². The van der Waals surface area contributed by atoms with E-state index >= 15 is 0 Å². The Morgan fingerprint density at radius 2 is 1.53 bits per heavy atom. The molecule has 0 bridgehead atoms. The number of benzene rings is 3. The van der Waals surface area contributed by atoms with Crippen molar-refractivity contribution in [1.82, 2.24) is 4.90 Å². The van der Waals surface area contributed by atoms with Crippen LogP contribution in [0.25, 0.3) is 0 Å². The van der Waals surface area contributed by atoms with Crippen molar-refractivity contribution in [3.63, 3.8) is 0 Å². The number of rotatable bonds is 7. The number of nitrogens with zero attached hydrogens (tertiary/aromatic N) is 1. The summed E-state index contributed by atoms with van der Waals surface area (Å²) in [5.41, 5.74) is 1.05. The smallest absolute Gasteiger partial charge is 0.261 e. The summed E-state index contributed by atoms with van der Waals surface area (Å²) >= 11 is 11.8. The van der Waals surface area contributed by atoms with E-state index in [9.17, 15) is 18.0 Å². The Labute approximate surface area is 196 Å². The maximum absolute atomic E-state index is 12.6. The predicted molar refractivity (Wildman–Crippen MR) is 126 cm³/mol. The lowest BCUT2D eigenvalue weighted by atomic mass is 10.2. The summed E-state index contributed by atoms with van der Waals surface area (Å²) < 4.78 is 27.5. The Kier molecular flexibility index (Phi) is 7.40. The molecule has 0 saturated carbocycles. The van der Waals surface area contributed by atoms with Crippen molar-refractivity contribution >= 4 is 56.4 Å². The lowest BCUT2D eigenvalue weighted by molar-refractivity contribution is -0.116. The zero-order chi connectivity index (χ0) is 23.3. The van der Waals surface area contributed by atoms with Gasteiger partial charge < -0.3 is 10.2 Å². The molecule has 0 atom stereocenters. The first-order valence-electron chi connectivity index (χ1n) is 9.34. The Balaban J connectivity index is 1.64. The zero-order valence-electron chi connectivity index (χ0n) is 16.9. The topological polar surface area (TPSA) is 95.6 Å². The third-order valence-corrected chi connectivity index (χ3v) is 6.36. The van der Waals surface area contributed by atoms with E-state index in [1.165, 1.54) is 36.2 Å². The van der Waals surface area contributed by atoms with Crippen LogP contribution >= 0.6 is 23.2 Å². The maximum atomic E-state index is 12.6. The molecule has 3 aromatic carbocycles. The van der Waals surface area contributed by atoms with E-state index in [1.54, 1.807) is 48.5 Å². The van der Waals surface area contributed by atoms with Crippen molar-refractivity contribution in [3.05, 3.63) is 88.4 Å². The van der Waals surface area contributed by atoms with Gasteiger partial charge in [-0.1, -0.05) is 35.3 Å². The van der Waals surface area contributed by atoms with Gasteiger partial charge in [0, 0.05) is 23.3 Å². The number of hydrogen-bond acceptors (Lipinski definition) is 4. The number of amides is 2. The lowest BCUT2D eigenvalue weighted by Crippen LogP contribution is -2.35. The number of likely N-dealkylation sites (N-methyl/N-ethyl adjacent to an activating group) is 1. The molecule has 10 heteroatoms. The third kappa shape index (κ3) is 6.00. The first-order chi connectivity index (χ1) is 15.2. The molecule has 0 aliphatic rings. The molecule has 32 heavy (non-hydrogen) atoms. The molecule has 7 nitrogen and oxygen atoms in total. The van der Waals surface area contributed by atoms with Crippen molar-refractivity contribution in [2.24, 2.45) is 0 Å². The van der Waals surface area contributed by atoms with Gasteiger partial charge in [0.05, 0.1) is 22.2 Å². The first-order valence-corrected chi connectivity index (χ1v) is 11.6. The normalized spacial score (nSPS) is 11.0. The molecular formula is C22H19Cl2N3O4S. The average molecular weight is 492 g/mol. The van der Waals surface area contributed by atoms with Gasteiger partial charge in [0.1, 0.15) is 0 Å². The molecule has 0 aliphatic carbocycles. The Bertz CT molecular complexity index is 1230. The van der Waals surface area contributed by atoms with Crippen LogP contribution in [-0.4, -0.2) is 38.7 Å². The van der Waals surface area contributed by atoms with Crippen LogP contribution in [0.4, 0.5) is 11.4 Å². The molecule has 166 valence electrons. The van der Waals surface area contributed by atoms with E-state index in [-0.39, 0.29) is 17.0 Å². The second kappa shape index (κ2) is 10.0. The summed E-state index contributed by atoms with van der Waals surface area (Å²) in [5.74, 6) is -0.853. The Hall–Kier alpha value is -3.07. The summed E-state index contributed by atoms with van der Waals surface area (Å²) in [5, 5.41) is 3.52. The fraction of sp³-hybridized carbons (Fsp3) is 0.0909. The van der Waals surface area contributed by atoms with Crippen molar-refractivity contribution in [2.45, 2.75) is 4.90 Å². The minimum Gasteiger partial charge on any atom is -0.332 e.